The minimum Gasteiger partial charge on any atom is -0.493 e. The van der Waals surface area contributed by atoms with Gasteiger partial charge in [-0.15, -0.1) is 0 Å². The normalized spacial score (nSPS) is 22.7. The molecule has 3 unspecified atom stereocenters. The first-order valence-corrected chi connectivity index (χ1v) is 6.92. The molecule has 1 heterocycles. The molecule has 0 saturated carbocycles. The largest absolute Gasteiger partial charge is 0.493 e. The molecule has 1 saturated heterocycles. The summed E-state index contributed by atoms with van der Waals surface area (Å²) in [5, 5.41) is 2.96. The van der Waals surface area contributed by atoms with Crippen LogP contribution in [0.1, 0.15) is 18.5 Å². The van der Waals surface area contributed by atoms with Gasteiger partial charge in [-0.2, -0.15) is 0 Å². The average Bonchev–Trinajstić information content (AvgIpc) is 2.92. The zero-order valence-corrected chi connectivity index (χ0v) is 12.6. The maximum absolute atomic E-state index is 12.2. The highest BCUT2D eigenvalue weighted by Gasteiger charge is 2.32. The van der Waals surface area contributed by atoms with Crippen LogP contribution in [0, 0.1) is 5.92 Å². The van der Waals surface area contributed by atoms with Crippen LogP contribution in [0.4, 0.5) is 0 Å². The van der Waals surface area contributed by atoms with Gasteiger partial charge in [0.15, 0.2) is 11.5 Å². The van der Waals surface area contributed by atoms with Gasteiger partial charge in [0.2, 0.25) is 5.91 Å². The molecule has 6 nitrogen and oxygen atoms in total. The van der Waals surface area contributed by atoms with Crippen LogP contribution >= 0.6 is 0 Å². The summed E-state index contributed by atoms with van der Waals surface area (Å²) in [7, 11) is 3.17. The fourth-order valence-electron chi connectivity index (χ4n) is 2.37. The van der Waals surface area contributed by atoms with Crippen LogP contribution in [-0.4, -0.2) is 39.4 Å². The molecule has 1 aromatic rings. The SMILES string of the molecule is COc1ccc(C(C)NC(=O)C2COCC2N)cc1OC. The zero-order chi connectivity index (χ0) is 15.4. The van der Waals surface area contributed by atoms with Crippen molar-refractivity contribution in [2.45, 2.75) is 19.0 Å². The Labute approximate surface area is 124 Å². The first-order valence-electron chi connectivity index (χ1n) is 6.92. The summed E-state index contributed by atoms with van der Waals surface area (Å²) in [5.41, 5.74) is 6.79. The number of hydrogen-bond acceptors (Lipinski definition) is 5. The Morgan fingerprint density at radius 1 is 1.33 bits per heavy atom. The van der Waals surface area contributed by atoms with Gasteiger partial charge in [-0.05, 0) is 24.6 Å². The van der Waals surface area contributed by atoms with Crippen LogP contribution in [0.5, 0.6) is 11.5 Å². The summed E-state index contributed by atoms with van der Waals surface area (Å²) in [5.74, 6) is 0.929. The topological polar surface area (TPSA) is 82.8 Å². The second kappa shape index (κ2) is 6.78. The van der Waals surface area contributed by atoms with E-state index in [1.54, 1.807) is 14.2 Å². The van der Waals surface area contributed by atoms with Crippen LogP contribution in [-0.2, 0) is 9.53 Å². The van der Waals surface area contributed by atoms with E-state index in [4.69, 9.17) is 19.9 Å². The molecule has 0 aromatic heterocycles. The third-order valence-electron chi connectivity index (χ3n) is 3.73. The molecule has 0 spiro atoms. The number of hydrogen-bond donors (Lipinski definition) is 2. The van der Waals surface area contributed by atoms with Crippen molar-refractivity contribution in [1.29, 1.82) is 0 Å². The molecule has 1 aliphatic heterocycles. The lowest BCUT2D eigenvalue weighted by atomic mass is 10.0. The monoisotopic (exact) mass is 294 g/mol. The number of amides is 1. The summed E-state index contributed by atoms with van der Waals surface area (Å²) in [6.45, 7) is 2.73. The van der Waals surface area contributed by atoms with Crippen LogP contribution in [0.2, 0.25) is 0 Å². The predicted octanol–water partition coefficient (Wildman–Crippen LogP) is 0.855. The highest BCUT2D eigenvalue weighted by molar-refractivity contribution is 5.80. The first kappa shape index (κ1) is 15.6. The molecule has 21 heavy (non-hydrogen) atoms. The lowest BCUT2D eigenvalue weighted by Gasteiger charge is -2.19. The molecular formula is C15H22N2O4. The zero-order valence-electron chi connectivity index (χ0n) is 12.6. The molecule has 1 fully saturated rings. The van der Waals surface area contributed by atoms with Crippen molar-refractivity contribution in [3.8, 4) is 11.5 Å². The predicted molar refractivity (Wildman–Crippen MR) is 78.4 cm³/mol. The van der Waals surface area contributed by atoms with Gasteiger partial charge in [0, 0.05) is 6.04 Å². The van der Waals surface area contributed by atoms with Crippen molar-refractivity contribution in [1.82, 2.24) is 5.32 Å². The maximum Gasteiger partial charge on any atom is 0.227 e. The third-order valence-corrected chi connectivity index (χ3v) is 3.73. The van der Waals surface area contributed by atoms with Gasteiger partial charge in [0.05, 0.1) is 39.4 Å². The van der Waals surface area contributed by atoms with E-state index in [9.17, 15) is 4.79 Å². The van der Waals surface area contributed by atoms with Gasteiger partial charge in [-0.25, -0.2) is 0 Å². The van der Waals surface area contributed by atoms with Crippen LogP contribution in [0.25, 0.3) is 0 Å². The molecule has 6 heteroatoms. The van der Waals surface area contributed by atoms with Gasteiger partial charge in [-0.1, -0.05) is 6.07 Å². The van der Waals surface area contributed by atoms with Gasteiger partial charge < -0.3 is 25.3 Å². The molecular weight excluding hydrogens is 272 g/mol. The van der Waals surface area contributed by atoms with E-state index in [2.05, 4.69) is 5.32 Å². The van der Waals surface area contributed by atoms with Crippen molar-refractivity contribution in [2.75, 3.05) is 27.4 Å². The Bertz CT molecular complexity index is 506. The Balaban J connectivity index is 2.06. The molecule has 2 rings (SSSR count). The van der Waals surface area contributed by atoms with Crippen molar-refractivity contribution < 1.29 is 19.0 Å². The van der Waals surface area contributed by atoms with Crippen LogP contribution in [0.3, 0.4) is 0 Å². The van der Waals surface area contributed by atoms with E-state index in [1.807, 2.05) is 25.1 Å². The summed E-state index contributed by atoms with van der Waals surface area (Å²) in [4.78, 5) is 12.2. The molecule has 0 bridgehead atoms. The number of rotatable bonds is 5. The van der Waals surface area contributed by atoms with Gasteiger partial charge in [0.25, 0.3) is 0 Å². The Kier molecular flexibility index (Phi) is 5.03. The van der Waals surface area contributed by atoms with Crippen molar-refractivity contribution in [2.24, 2.45) is 11.7 Å². The summed E-state index contributed by atoms with van der Waals surface area (Å²) in [6.07, 6.45) is 0. The highest BCUT2D eigenvalue weighted by Crippen LogP contribution is 2.30. The number of nitrogens with two attached hydrogens (primary N) is 1. The minimum atomic E-state index is -0.285. The lowest BCUT2D eigenvalue weighted by molar-refractivity contribution is -0.125. The molecule has 0 radical (unpaired) electrons. The van der Waals surface area contributed by atoms with E-state index in [0.717, 1.165) is 5.56 Å². The fourth-order valence-corrected chi connectivity index (χ4v) is 2.37. The number of nitrogens with one attached hydrogen (secondary N) is 1. The molecule has 3 N–H and O–H groups in total. The molecule has 1 amide bonds. The number of carbonyl (C=O) groups excluding carboxylic acids is 1. The Morgan fingerprint density at radius 2 is 2.05 bits per heavy atom. The van der Waals surface area contributed by atoms with Crippen molar-refractivity contribution in [3.63, 3.8) is 0 Å². The molecule has 0 aliphatic carbocycles. The summed E-state index contributed by atoms with van der Waals surface area (Å²) < 4.78 is 15.7. The molecule has 3 atom stereocenters. The molecule has 116 valence electrons. The number of methoxy groups -OCH3 is 2. The van der Waals surface area contributed by atoms with Gasteiger partial charge in [0.1, 0.15) is 0 Å². The van der Waals surface area contributed by atoms with Crippen LogP contribution in [0.15, 0.2) is 18.2 Å². The third kappa shape index (κ3) is 3.46. The second-order valence-corrected chi connectivity index (χ2v) is 5.15. The number of benzene rings is 1. The minimum absolute atomic E-state index is 0.0812. The smallest absolute Gasteiger partial charge is 0.227 e. The van der Waals surface area contributed by atoms with E-state index in [1.165, 1.54) is 0 Å². The standard InChI is InChI=1S/C15H22N2O4/c1-9(17-15(18)11-7-21-8-12(11)16)10-4-5-13(19-2)14(6-10)20-3/h4-6,9,11-12H,7-8,16H2,1-3H3,(H,17,18). The van der Waals surface area contributed by atoms with Gasteiger partial charge in [-0.3, -0.25) is 4.79 Å². The average molecular weight is 294 g/mol. The molecule has 1 aromatic carbocycles. The van der Waals surface area contributed by atoms with Crippen LogP contribution < -0.4 is 20.5 Å². The fraction of sp³-hybridized carbons (Fsp3) is 0.533. The quantitative estimate of drug-likeness (QED) is 0.841. The maximum atomic E-state index is 12.2. The Morgan fingerprint density at radius 3 is 2.62 bits per heavy atom. The van der Waals surface area contributed by atoms with E-state index < -0.39 is 0 Å². The van der Waals surface area contributed by atoms with Gasteiger partial charge >= 0.3 is 0 Å². The Hall–Kier alpha value is -1.79. The number of carbonyl (C=O) groups is 1. The number of ether oxygens (including phenoxy) is 3. The van der Waals surface area contributed by atoms with Crippen molar-refractivity contribution >= 4 is 5.91 Å². The van der Waals surface area contributed by atoms with Crippen molar-refractivity contribution in [3.05, 3.63) is 23.8 Å². The van der Waals surface area contributed by atoms with E-state index >= 15 is 0 Å². The summed E-state index contributed by atoms with van der Waals surface area (Å²) in [6, 6.07) is 5.20. The first-order chi connectivity index (χ1) is 10.1. The summed E-state index contributed by atoms with van der Waals surface area (Å²) >= 11 is 0. The highest BCUT2D eigenvalue weighted by atomic mass is 16.5. The second-order valence-electron chi connectivity index (χ2n) is 5.15. The lowest BCUT2D eigenvalue weighted by Crippen LogP contribution is -2.41. The van der Waals surface area contributed by atoms with E-state index in [-0.39, 0.29) is 23.9 Å². The molecule has 1 aliphatic rings. The van der Waals surface area contributed by atoms with E-state index in [0.29, 0.717) is 24.7 Å².